The largest absolute Gasteiger partial charge is 0.348 e. The highest BCUT2D eigenvalue weighted by Crippen LogP contribution is 2.37. The highest BCUT2D eigenvalue weighted by atomic mass is 32.1. The van der Waals surface area contributed by atoms with Gasteiger partial charge in [-0.2, -0.15) is 0 Å². The van der Waals surface area contributed by atoms with Crippen molar-refractivity contribution in [1.82, 2.24) is 15.0 Å². The van der Waals surface area contributed by atoms with Gasteiger partial charge in [0, 0.05) is 52.5 Å². The molecule has 0 aromatic carbocycles. The van der Waals surface area contributed by atoms with Crippen LogP contribution < -0.4 is 5.32 Å². The molecule has 4 nitrogen and oxygen atoms in total. The maximum Gasteiger partial charge on any atom is 0.262 e. The Kier molecular flexibility index (Phi) is 3.53. The minimum atomic E-state index is -2.79. The van der Waals surface area contributed by atoms with E-state index in [0.29, 0.717) is 6.42 Å². The van der Waals surface area contributed by atoms with Crippen molar-refractivity contribution in [3.8, 4) is 0 Å². The fourth-order valence-electron chi connectivity index (χ4n) is 2.68. The third-order valence-electron chi connectivity index (χ3n) is 3.80. The van der Waals surface area contributed by atoms with Crippen molar-refractivity contribution in [3.05, 3.63) is 52.9 Å². The van der Waals surface area contributed by atoms with Crippen molar-refractivity contribution in [2.24, 2.45) is 0 Å². The molecule has 0 fully saturated rings. The summed E-state index contributed by atoms with van der Waals surface area (Å²) in [5.41, 5.74) is 2.92. The number of hydrogen-bond acceptors (Lipinski definition) is 5. The molecule has 0 radical (unpaired) electrons. The maximum atomic E-state index is 12.9. The van der Waals surface area contributed by atoms with Crippen LogP contribution in [0.4, 0.5) is 14.7 Å². The van der Waals surface area contributed by atoms with Gasteiger partial charge in [0.1, 0.15) is 0 Å². The van der Waals surface area contributed by atoms with E-state index < -0.39 is 12.5 Å². The molecule has 0 atom stereocenters. The van der Waals surface area contributed by atoms with Gasteiger partial charge in [-0.3, -0.25) is 4.98 Å². The summed E-state index contributed by atoms with van der Waals surface area (Å²) in [6, 6.07) is 4.10. The Balaban J connectivity index is 1.61. The molecule has 1 N–H and O–H groups in total. The average molecular weight is 344 g/mol. The Morgan fingerprint density at radius 1 is 1.33 bits per heavy atom. The molecule has 1 aliphatic carbocycles. The second-order valence-electron chi connectivity index (χ2n) is 5.82. The first kappa shape index (κ1) is 15.1. The quantitative estimate of drug-likeness (QED) is 0.773. The number of thiophene rings is 1. The molecular formula is C17H14F2N4S. The highest BCUT2D eigenvalue weighted by molar-refractivity contribution is 7.20. The monoisotopic (exact) mass is 344 g/mol. The first-order chi connectivity index (χ1) is 11.5. The zero-order chi connectivity index (χ0) is 16.7. The molecule has 3 aromatic rings. The molecule has 0 saturated heterocycles. The first-order valence-electron chi connectivity index (χ1n) is 7.52. The van der Waals surface area contributed by atoms with Crippen molar-refractivity contribution in [1.29, 1.82) is 0 Å². The molecule has 0 aliphatic heterocycles. The predicted octanol–water partition coefficient (Wildman–Crippen LogP) is 4.14. The summed E-state index contributed by atoms with van der Waals surface area (Å²) in [4.78, 5) is 13.8. The van der Waals surface area contributed by atoms with E-state index in [1.807, 2.05) is 12.3 Å². The SMILES string of the molecule is CC(F)(F)CNc1ncc2c(n1)CC=C2c1cc2cnccc2s1. The van der Waals surface area contributed by atoms with Crippen LogP contribution in [0.2, 0.25) is 0 Å². The second kappa shape index (κ2) is 5.59. The topological polar surface area (TPSA) is 50.7 Å². The number of hydrogen-bond donors (Lipinski definition) is 1. The molecule has 0 spiro atoms. The van der Waals surface area contributed by atoms with Gasteiger partial charge in [0.05, 0.1) is 12.2 Å². The number of alkyl halides is 2. The van der Waals surface area contributed by atoms with Crippen LogP contribution in [-0.2, 0) is 6.42 Å². The zero-order valence-electron chi connectivity index (χ0n) is 12.9. The van der Waals surface area contributed by atoms with Crippen LogP contribution >= 0.6 is 11.3 Å². The summed E-state index contributed by atoms with van der Waals surface area (Å²) < 4.78 is 27.0. The van der Waals surface area contributed by atoms with Crippen LogP contribution in [0.1, 0.15) is 23.1 Å². The second-order valence-corrected chi connectivity index (χ2v) is 6.91. The summed E-state index contributed by atoms with van der Waals surface area (Å²) in [7, 11) is 0. The van der Waals surface area contributed by atoms with Crippen LogP contribution in [0, 0.1) is 0 Å². The van der Waals surface area contributed by atoms with E-state index in [0.717, 1.165) is 34.0 Å². The summed E-state index contributed by atoms with van der Waals surface area (Å²) in [6.07, 6.45) is 8.12. The number of anilines is 1. The molecule has 4 rings (SSSR count). The number of nitrogens with zero attached hydrogens (tertiary/aromatic N) is 3. The van der Waals surface area contributed by atoms with Gasteiger partial charge in [-0.25, -0.2) is 18.7 Å². The highest BCUT2D eigenvalue weighted by Gasteiger charge is 2.23. The Bertz CT molecular complexity index is 910. The van der Waals surface area contributed by atoms with Crippen molar-refractivity contribution >= 4 is 32.9 Å². The molecule has 3 heterocycles. The van der Waals surface area contributed by atoms with E-state index in [1.54, 1.807) is 23.7 Å². The molecule has 1 aliphatic rings. The van der Waals surface area contributed by atoms with Gasteiger partial charge in [-0.1, -0.05) is 6.08 Å². The third kappa shape index (κ3) is 2.87. The molecule has 0 saturated carbocycles. The number of rotatable bonds is 4. The molecule has 7 heteroatoms. The van der Waals surface area contributed by atoms with Crippen molar-refractivity contribution in [2.75, 3.05) is 11.9 Å². The minimum absolute atomic E-state index is 0.241. The lowest BCUT2D eigenvalue weighted by molar-refractivity contribution is 0.0366. The van der Waals surface area contributed by atoms with E-state index in [1.165, 1.54) is 4.70 Å². The van der Waals surface area contributed by atoms with Gasteiger partial charge in [-0.15, -0.1) is 11.3 Å². The molecule has 0 bridgehead atoms. The van der Waals surface area contributed by atoms with Crippen molar-refractivity contribution in [2.45, 2.75) is 19.3 Å². The van der Waals surface area contributed by atoms with E-state index in [-0.39, 0.29) is 5.95 Å². The summed E-state index contributed by atoms with van der Waals surface area (Å²) >= 11 is 1.70. The molecule has 0 amide bonds. The Morgan fingerprint density at radius 2 is 2.21 bits per heavy atom. The fraction of sp³-hybridized carbons (Fsp3) is 0.235. The van der Waals surface area contributed by atoms with Gasteiger partial charge < -0.3 is 5.32 Å². The molecule has 24 heavy (non-hydrogen) atoms. The number of halogens is 2. The molecule has 3 aromatic heterocycles. The lowest BCUT2D eigenvalue weighted by atomic mass is 10.1. The van der Waals surface area contributed by atoms with Crippen LogP contribution in [-0.4, -0.2) is 27.4 Å². The van der Waals surface area contributed by atoms with E-state index in [4.69, 9.17) is 0 Å². The van der Waals surface area contributed by atoms with Gasteiger partial charge in [0.25, 0.3) is 5.92 Å². The van der Waals surface area contributed by atoms with Crippen LogP contribution in [0.25, 0.3) is 15.7 Å². The number of aromatic nitrogens is 3. The lowest BCUT2D eigenvalue weighted by Gasteiger charge is -2.12. The van der Waals surface area contributed by atoms with Gasteiger partial charge >= 0.3 is 0 Å². The van der Waals surface area contributed by atoms with E-state index >= 15 is 0 Å². The standard InChI is InChI=1S/C17H14F2N4S/c1-17(18,19)9-22-16-21-8-12-11(2-3-13(12)23-16)15-6-10-7-20-5-4-14(10)24-15/h2,4-8H,3,9H2,1H3,(H,21,22,23). The van der Waals surface area contributed by atoms with Crippen molar-refractivity contribution < 1.29 is 8.78 Å². The number of allylic oxidation sites excluding steroid dienone is 1. The summed E-state index contributed by atoms with van der Waals surface area (Å²) in [5, 5.41) is 3.70. The van der Waals surface area contributed by atoms with Crippen LogP contribution in [0.5, 0.6) is 0 Å². The molecule has 0 unspecified atom stereocenters. The third-order valence-corrected chi connectivity index (χ3v) is 4.95. The summed E-state index contributed by atoms with van der Waals surface area (Å²) in [5.74, 6) is -2.55. The van der Waals surface area contributed by atoms with E-state index in [2.05, 4.69) is 32.4 Å². The normalized spacial score (nSPS) is 13.9. The van der Waals surface area contributed by atoms with Gasteiger partial charge in [-0.05, 0) is 17.7 Å². The molecule has 122 valence electrons. The van der Waals surface area contributed by atoms with Crippen molar-refractivity contribution in [3.63, 3.8) is 0 Å². The fourth-order valence-corrected chi connectivity index (χ4v) is 3.76. The van der Waals surface area contributed by atoms with Gasteiger partial charge in [0.15, 0.2) is 0 Å². The Hall–Kier alpha value is -2.41. The first-order valence-corrected chi connectivity index (χ1v) is 8.33. The number of fused-ring (bicyclic) bond motifs is 2. The van der Waals surface area contributed by atoms with Crippen LogP contribution in [0.3, 0.4) is 0 Å². The zero-order valence-corrected chi connectivity index (χ0v) is 13.7. The van der Waals surface area contributed by atoms with E-state index in [9.17, 15) is 8.78 Å². The maximum absolute atomic E-state index is 12.9. The minimum Gasteiger partial charge on any atom is -0.348 e. The Labute approximate surface area is 141 Å². The molecular weight excluding hydrogens is 330 g/mol. The lowest BCUT2D eigenvalue weighted by Crippen LogP contribution is -2.24. The smallest absolute Gasteiger partial charge is 0.262 e. The number of nitrogens with one attached hydrogen (secondary N) is 1. The Morgan fingerprint density at radius 3 is 3.00 bits per heavy atom. The predicted molar refractivity (Wildman–Crippen MR) is 91.5 cm³/mol. The average Bonchev–Trinajstić information content (AvgIpc) is 3.15. The summed E-state index contributed by atoms with van der Waals surface area (Å²) in [6.45, 7) is 0.388. The van der Waals surface area contributed by atoms with Crippen LogP contribution in [0.15, 0.2) is 36.8 Å². The number of pyridine rings is 1. The van der Waals surface area contributed by atoms with Gasteiger partial charge in [0.2, 0.25) is 5.95 Å².